The van der Waals surface area contributed by atoms with E-state index in [1.807, 2.05) is 4.90 Å². The van der Waals surface area contributed by atoms with Gasteiger partial charge in [0.15, 0.2) is 0 Å². The second-order valence-corrected chi connectivity index (χ2v) is 6.94. The van der Waals surface area contributed by atoms with Crippen molar-refractivity contribution in [1.82, 2.24) is 10.2 Å². The highest BCUT2D eigenvalue weighted by atomic mass is 16.5. The van der Waals surface area contributed by atoms with E-state index in [2.05, 4.69) is 11.4 Å². The summed E-state index contributed by atoms with van der Waals surface area (Å²) < 4.78 is 5.36. The number of nitrogens with zero attached hydrogens (tertiary/aromatic N) is 1. The summed E-state index contributed by atoms with van der Waals surface area (Å²) in [5.41, 5.74) is 1.47. The van der Waals surface area contributed by atoms with Gasteiger partial charge >= 0.3 is 0 Å². The van der Waals surface area contributed by atoms with Gasteiger partial charge in [0.05, 0.1) is 5.92 Å². The first kappa shape index (κ1) is 16.5. The van der Waals surface area contributed by atoms with Crippen molar-refractivity contribution in [2.24, 2.45) is 5.92 Å². The van der Waals surface area contributed by atoms with Crippen LogP contribution in [0.2, 0.25) is 0 Å². The number of allylic oxidation sites excluding steroid dienone is 1. The number of hydrogen-bond donors (Lipinski definition) is 1. The smallest absolute Gasteiger partial charge is 0.225 e. The Morgan fingerprint density at radius 2 is 2.13 bits per heavy atom. The number of nitrogens with one attached hydrogen (secondary N) is 1. The van der Waals surface area contributed by atoms with Crippen molar-refractivity contribution < 1.29 is 14.3 Å². The summed E-state index contributed by atoms with van der Waals surface area (Å²) in [6.45, 7) is 2.73. The summed E-state index contributed by atoms with van der Waals surface area (Å²) in [5.74, 6) is 0.00189. The van der Waals surface area contributed by atoms with E-state index in [1.54, 1.807) is 0 Å². The van der Waals surface area contributed by atoms with Gasteiger partial charge in [0.1, 0.15) is 0 Å². The van der Waals surface area contributed by atoms with Crippen molar-refractivity contribution in [3.63, 3.8) is 0 Å². The molecule has 2 saturated heterocycles. The maximum Gasteiger partial charge on any atom is 0.225 e. The van der Waals surface area contributed by atoms with E-state index >= 15 is 0 Å². The molecule has 2 aliphatic heterocycles. The number of ether oxygens (including phenoxy) is 1. The highest BCUT2D eigenvalue weighted by Gasteiger charge is 2.38. The lowest BCUT2D eigenvalue weighted by Crippen LogP contribution is -2.41. The Kier molecular flexibility index (Phi) is 5.70. The van der Waals surface area contributed by atoms with Gasteiger partial charge in [-0.2, -0.15) is 0 Å². The molecule has 1 aliphatic carbocycles. The van der Waals surface area contributed by atoms with Crippen LogP contribution in [0.5, 0.6) is 0 Å². The van der Waals surface area contributed by atoms with E-state index in [-0.39, 0.29) is 23.8 Å². The van der Waals surface area contributed by atoms with Gasteiger partial charge in [0, 0.05) is 38.8 Å². The number of hydrogen-bond acceptors (Lipinski definition) is 3. The van der Waals surface area contributed by atoms with E-state index in [4.69, 9.17) is 4.74 Å². The van der Waals surface area contributed by atoms with Crippen LogP contribution in [0, 0.1) is 5.92 Å². The molecule has 2 fully saturated rings. The SMILES string of the molecule is O=C(NCCC1=CCCCC1)C1CC(=O)N(C2CCOCC2)C1. The third kappa shape index (κ3) is 4.34. The fraction of sp³-hybridized carbons (Fsp3) is 0.778. The van der Waals surface area contributed by atoms with Crippen molar-refractivity contribution in [3.8, 4) is 0 Å². The summed E-state index contributed by atoms with van der Waals surface area (Å²) >= 11 is 0. The van der Waals surface area contributed by atoms with Crippen LogP contribution in [0.3, 0.4) is 0 Å². The first-order chi connectivity index (χ1) is 11.2. The minimum atomic E-state index is -0.175. The van der Waals surface area contributed by atoms with E-state index < -0.39 is 0 Å². The normalized spacial score (nSPS) is 26.3. The van der Waals surface area contributed by atoms with Crippen LogP contribution in [0.1, 0.15) is 51.4 Å². The molecule has 0 aromatic carbocycles. The van der Waals surface area contributed by atoms with E-state index in [1.165, 1.54) is 31.3 Å². The van der Waals surface area contributed by atoms with Gasteiger partial charge in [-0.1, -0.05) is 11.6 Å². The molecule has 0 aromatic rings. The van der Waals surface area contributed by atoms with Crippen LogP contribution in [-0.4, -0.2) is 49.1 Å². The third-order valence-corrected chi connectivity index (χ3v) is 5.29. The summed E-state index contributed by atoms with van der Waals surface area (Å²) in [5, 5.41) is 3.03. The molecular weight excluding hydrogens is 292 g/mol. The zero-order valence-electron chi connectivity index (χ0n) is 13.9. The van der Waals surface area contributed by atoms with Crippen LogP contribution >= 0.6 is 0 Å². The molecule has 5 nitrogen and oxygen atoms in total. The van der Waals surface area contributed by atoms with E-state index in [0.717, 1.165) is 32.5 Å². The predicted octanol–water partition coefficient (Wildman–Crippen LogP) is 2.02. The molecule has 2 heterocycles. The minimum Gasteiger partial charge on any atom is -0.381 e. The average molecular weight is 320 g/mol. The predicted molar refractivity (Wildman–Crippen MR) is 87.8 cm³/mol. The molecule has 0 aromatic heterocycles. The molecule has 0 bridgehead atoms. The summed E-state index contributed by atoms with van der Waals surface area (Å²) in [6, 6.07) is 0.265. The van der Waals surface area contributed by atoms with Gasteiger partial charge in [0.2, 0.25) is 11.8 Å². The number of carbonyl (C=O) groups is 2. The van der Waals surface area contributed by atoms with E-state index in [9.17, 15) is 9.59 Å². The number of amides is 2. The molecule has 3 rings (SSSR count). The summed E-state index contributed by atoms with van der Waals surface area (Å²) in [4.78, 5) is 26.4. The second kappa shape index (κ2) is 7.95. The Morgan fingerprint density at radius 3 is 2.87 bits per heavy atom. The van der Waals surface area contributed by atoms with Gasteiger partial charge in [-0.15, -0.1) is 0 Å². The quantitative estimate of drug-likeness (QED) is 0.789. The molecule has 5 heteroatoms. The topological polar surface area (TPSA) is 58.6 Å². The molecule has 0 radical (unpaired) electrons. The maximum absolute atomic E-state index is 12.3. The molecule has 0 spiro atoms. The molecule has 1 N–H and O–H groups in total. The Hall–Kier alpha value is -1.36. The van der Waals surface area contributed by atoms with E-state index in [0.29, 0.717) is 19.5 Å². The monoisotopic (exact) mass is 320 g/mol. The fourth-order valence-corrected chi connectivity index (χ4v) is 3.88. The van der Waals surface area contributed by atoms with Gasteiger partial charge in [-0.25, -0.2) is 0 Å². The number of rotatable bonds is 5. The summed E-state index contributed by atoms with van der Waals surface area (Å²) in [6.07, 6.45) is 10.4. The minimum absolute atomic E-state index is 0.0457. The molecular formula is C18H28N2O3. The van der Waals surface area contributed by atoms with Gasteiger partial charge < -0.3 is 15.0 Å². The first-order valence-corrected chi connectivity index (χ1v) is 9.07. The Labute approximate surface area is 138 Å². The van der Waals surface area contributed by atoms with Crippen molar-refractivity contribution in [3.05, 3.63) is 11.6 Å². The zero-order chi connectivity index (χ0) is 16.1. The highest BCUT2D eigenvalue weighted by Crippen LogP contribution is 2.25. The first-order valence-electron chi connectivity index (χ1n) is 9.07. The number of carbonyl (C=O) groups excluding carboxylic acids is 2. The second-order valence-electron chi connectivity index (χ2n) is 6.94. The lowest BCUT2D eigenvalue weighted by molar-refractivity contribution is -0.131. The highest BCUT2D eigenvalue weighted by molar-refractivity contribution is 5.89. The molecule has 128 valence electrons. The van der Waals surface area contributed by atoms with Crippen molar-refractivity contribution in [2.75, 3.05) is 26.3 Å². The van der Waals surface area contributed by atoms with Crippen LogP contribution in [0.4, 0.5) is 0 Å². The molecule has 3 aliphatic rings. The van der Waals surface area contributed by atoms with Crippen LogP contribution in [-0.2, 0) is 14.3 Å². The largest absolute Gasteiger partial charge is 0.381 e. The van der Waals surface area contributed by atoms with Gasteiger partial charge in [0.25, 0.3) is 0 Å². The lowest BCUT2D eigenvalue weighted by atomic mass is 9.97. The van der Waals surface area contributed by atoms with Crippen LogP contribution < -0.4 is 5.32 Å². The van der Waals surface area contributed by atoms with Crippen molar-refractivity contribution in [2.45, 2.75) is 57.4 Å². The van der Waals surface area contributed by atoms with Gasteiger partial charge in [-0.3, -0.25) is 9.59 Å². The van der Waals surface area contributed by atoms with Gasteiger partial charge in [-0.05, 0) is 44.9 Å². The van der Waals surface area contributed by atoms with Crippen molar-refractivity contribution in [1.29, 1.82) is 0 Å². The fourth-order valence-electron chi connectivity index (χ4n) is 3.88. The molecule has 2 amide bonds. The maximum atomic E-state index is 12.3. The zero-order valence-corrected chi connectivity index (χ0v) is 13.9. The molecule has 1 atom stereocenters. The Bertz CT molecular complexity index is 469. The number of likely N-dealkylation sites (tertiary alicyclic amines) is 1. The third-order valence-electron chi connectivity index (χ3n) is 5.29. The standard InChI is InChI=1S/C18H28N2O3/c21-17-12-15(13-20(17)16-7-10-23-11-8-16)18(22)19-9-6-14-4-2-1-3-5-14/h4,15-16H,1-3,5-13H2,(H,19,22). The van der Waals surface area contributed by atoms with Crippen LogP contribution in [0.15, 0.2) is 11.6 Å². The molecule has 1 unspecified atom stereocenters. The van der Waals surface area contributed by atoms with Crippen molar-refractivity contribution >= 4 is 11.8 Å². The molecule has 0 saturated carbocycles. The van der Waals surface area contributed by atoms with Crippen LogP contribution in [0.25, 0.3) is 0 Å². The summed E-state index contributed by atoms with van der Waals surface area (Å²) in [7, 11) is 0. The molecule has 23 heavy (non-hydrogen) atoms. The average Bonchev–Trinajstić information content (AvgIpc) is 2.98. The Morgan fingerprint density at radius 1 is 1.30 bits per heavy atom. The lowest BCUT2D eigenvalue weighted by Gasteiger charge is -2.31. The Balaban J connectivity index is 1.43.